The van der Waals surface area contributed by atoms with Crippen LogP contribution in [0, 0.1) is 20.8 Å². The van der Waals surface area contributed by atoms with Crippen LogP contribution in [0.3, 0.4) is 0 Å². The Bertz CT molecular complexity index is 1160. The molecule has 0 spiro atoms. The number of thiazole rings is 1. The van der Waals surface area contributed by atoms with Gasteiger partial charge in [0.25, 0.3) is 5.91 Å². The predicted molar refractivity (Wildman–Crippen MR) is 124 cm³/mol. The van der Waals surface area contributed by atoms with Crippen molar-refractivity contribution in [3.63, 3.8) is 0 Å². The molecule has 1 aromatic carbocycles. The van der Waals surface area contributed by atoms with Gasteiger partial charge in [-0.05, 0) is 45.2 Å². The van der Waals surface area contributed by atoms with Crippen LogP contribution in [0.25, 0.3) is 0 Å². The molecule has 1 saturated heterocycles. The summed E-state index contributed by atoms with van der Waals surface area (Å²) in [5.41, 5.74) is 3.64. The number of rotatable bonds is 6. The van der Waals surface area contributed by atoms with Crippen LogP contribution in [0.5, 0.6) is 5.75 Å². The Kier molecular flexibility index (Phi) is 6.13. The van der Waals surface area contributed by atoms with Gasteiger partial charge in [0.15, 0.2) is 5.13 Å². The first kappa shape index (κ1) is 21.8. The number of carbonyl (C=O) groups is 2. The maximum absolute atomic E-state index is 12.7. The second-order valence-corrected chi connectivity index (χ2v) is 8.93. The lowest BCUT2D eigenvalue weighted by Crippen LogP contribution is -2.31. The van der Waals surface area contributed by atoms with Crippen LogP contribution in [-0.4, -0.2) is 49.7 Å². The number of benzene rings is 1. The summed E-state index contributed by atoms with van der Waals surface area (Å²) in [6.07, 6.45) is 5.28. The number of phenolic OH excluding ortho intramolecular Hbond substituents is 1. The fraction of sp³-hybridized carbons (Fsp3) is 0.364. The van der Waals surface area contributed by atoms with Crippen LogP contribution in [-0.2, 0) is 11.3 Å². The zero-order valence-electron chi connectivity index (χ0n) is 18.3. The summed E-state index contributed by atoms with van der Waals surface area (Å²) in [5.74, 6) is -0.0878. The second-order valence-electron chi connectivity index (χ2n) is 7.90. The molecule has 1 aliphatic rings. The van der Waals surface area contributed by atoms with E-state index in [2.05, 4.69) is 20.7 Å². The van der Waals surface area contributed by atoms with Crippen LogP contribution in [0.15, 0.2) is 24.5 Å². The Morgan fingerprint density at radius 1 is 1.16 bits per heavy atom. The van der Waals surface area contributed by atoms with E-state index >= 15 is 0 Å². The molecule has 0 saturated carbocycles. The van der Waals surface area contributed by atoms with Gasteiger partial charge in [0.05, 0.1) is 29.5 Å². The molecular weight excluding hydrogens is 428 g/mol. The van der Waals surface area contributed by atoms with E-state index in [1.54, 1.807) is 29.9 Å². The molecule has 3 aromatic rings. The molecule has 0 unspecified atom stereocenters. The standard InChI is InChI=1S/C22H26N6O3S/c1-13-6-7-17(29)14(2)20(13)26-21(31)18-11-23-22(32-18)25-16-10-24-28(15(16)3)12-19(30)27-8-4-5-9-27/h6-7,10-11,29H,4-5,8-9,12H2,1-3H3,(H,23,25)(H,26,31). The zero-order chi connectivity index (χ0) is 22.8. The molecule has 0 radical (unpaired) electrons. The lowest BCUT2D eigenvalue weighted by molar-refractivity contribution is -0.130. The first-order valence-electron chi connectivity index (χ1n) is 10.5. The Hall–Kier alpha value is -3.40. The van der Waals surface area contributed by atoms with Gasteiger partial charge in [-0.2, -0.15) is 5.10 Å². The van der Waals surface area contributed by atoms with Crippen LogP contribution >= 0.6 is 11.3 Å². The number of nitrogens with zero attached hydrogens (tertiary/aromatic N) is 4. The Morgan fingerprint density at radius 3 is 2.66 bits per heavy atom. The van der Waals surface area contributed by atoms with E-state index in [1.807, 2.05) is 18.7 Å². The van der Waals surface area contributed by atoms with E-state index < -0.39 is 0 Å². The van der Waals surface area contributed by atoms with Gasteiger partial charge < -0.3 is 20.6 Å². The molecule has 0 bridgehead atoms. The molecule has 3 N–H and O–H groups in total. The molecule has 1 aliphatic heterocycles. The summed E-state index contributed by atoms with van der Waals surface area (Å²) in [6.45, 7) is 7.36. The third kappa shape index (κ3) is 4.45. The largest absolute Gasteiger partial charge is 0.508 e. The van der Waals surface area contributed by atoms with Gasteiger partial charge >= 0.3 is 0 Å². The van der Waals surface area contributed by atoms with E-state index in [0.717, 1.165) is 42.9 Å². The van der Waals surface area contributed by atoms with Crippen molar-refractivity contribution in [2.75, 3.05) is 23.7 Å². The minimum Gasteiger partial charge on any atom is -0.508 e. The first-order valence-corrected chi connectivity index (χ1v) is 11.3. The number of hydrogen-bond acceptors (Lipinski definition) is 7. The summed E-state index contributed by atoms with van der Waals surface area (Å²) in [6, 6.07) is 3.36. The van der Waals surface area contributed by atoms with Crippen molar-refractivity contribution in [1.82, 2.24) is 19.7 Å². The molecule has 4 rings (SSSR count). The van der Waals surface area contributed by atoms with E-state index in [1.165, 1.54) is 17.5 Å². The summed E-state index contributed by atoms with van der Waals surface area (Å²) >= 11 is 1.21. The second kappa shape index (κ2) is 8.99. The number of aromatic nitrogens is 3. The number of nitrogens with one attached hydrogen (secondary N) is 2. The van der Waals surface area contributed by atoms with Crippen molar-refractivity contribution in [1.29, 1.82) is 0 Å². The average Bonchev–Trinajstić information content (AvgIpc) is 3.52. The zero-order valence-corrected chi connectivity index (χ0v) is 19.1. The Morgan fingerprint density at radius 2 is 1.91 bits per heavy atom. The third-order valence-corrected chi connectivity index (χ3v) is 6.61. The number of phenols is 1. The molecule has 3 heterocycles. The van der Waals surface area contributed by atoms with Crippen molar-refractivity contribution in [2.24, 2.45) is 0 Å². The Balaban J connectivity index is 1.42. The number of anilines is 3. The predicted octanol–water partition coefficient (Wildman–Crippen LogP) is 3.59. The molecule has 2 aromatic heterocycles. The highest BCUT2D eigenvalue weighted by atomic mass is 32.1. The lowest BCUT2D eigenvalue weighted by Gasteiger charge is -2.15. The Labute approximate surface area is 190 Å². The maximum Gasteiger partial charge on any atom is 0.267 e. The van der Waals surface area contributed by atoms with Gasteiger partial charge in [-0.25, -0.2) is 4.98 Å². The summed E-state index contributed by atoms with van der Waals surface area (Å²) < 4.78 is 1.68. The van der Waals surface area contributed by atoms with Gasteiger partial charge in [0.1, 0.15) is 17.2 Å². The number of carbonyl (C=O) groups excluding carboxylic acids is 2. The molecule has 10 heteroatoms. The smallest absolute Gasteiger partial charge is 0.267 e. The topological polar surface area (TPSA) is 112 Å². The maximum atomic E-state index is 12.7. The summed E-state index contributed by atoms with van der Waals surface area (Å²) in [4.78, 5) is 31.7. The van der Waals surface area contributed by atoms with Crippen molar-refractivity contribution in [2.45, 2.75) is 40.2 Å². The first-order chi connectivity index (χ1) is 15.3. The summed E-state index contributed by atoms with van der Waals surface area (Å²) in [5, 5.41) is 20.8. The number of likely N-dealkylation sites (tertiary alicyclic amines) is 1. The number of aromatic hydroxyl groups is 1. The number of amides is 2. The van der Waals surface area contributed by atoms with E-state index in [0.29, 0.717) is 21.3 Å². The van der Waals surface area contributed by atoms with Crippen molar-refractivity contribution in [3.05, 3.63) is 46.2 Å². The van der Waals surface area contributed by atoms with Gasteiger partial charge in [0.2, 0.25) is 5.91 Å². The number of aryl methyl sites for hydroxylation is 1. The van der Waals surface area contributed by atoms with Crippen molar-refractivity contribution >= 4 is 39.7 Å². The molecule has 0 atom stereocenters. The lowest BCUT2D eigenvalue weighted by atomic mass is 10.1. The van der Waals surface area contributed by atoms with Crippen LogP contribution in [0.2, 0.25) is 0 Å². The average molecular weight is 455 g/mol. The fourth-order valence-corrected chi connectivity index (χ4v) is 4.40. The molecule has 0 aliphatic carbocycles. The van der Waals surface area contributed by atoms with Gasteiger partial charge in [-0.15, -0.1) is 0 Å². The molecular formula is C22H26N6O3S. The van der Waals surface area contributed by atoms with Gasteiger partial charge in [0, 0.05) is 18.7 Å². The normalized spacial score (nSPS) is 13.4. The molecule has 168 valence electrons. The van der Waals surface area contributed by atoms with Crippen LogP contribution in [0.1, 0.15) is 39.3 Å². The monoisotopic (exact) mass is 454 g/mol. The minimum atomic E-state index is -0.295. The molecule has 1 fully saturated rings. The van der Waals surface area contributed by atoms with E-state index in [-0.39, 0.29) is 24.1 Å². The number of hydrogen-bond donors (Lipinski definition) is 3. The highest BCUT2D eigenvalue weighted by Gasteiger charge is 2.20. The van der Waals surface area contributed by atoms with Crippen molar-refractivity contribution in [3.8, 4) is 5.75 Å². The quantitative estimate of drug-likeness (QED) is 0.525. The SMILES string of the molecule is Cc1ccc(O)c(C)c1NC(=O)c1cnc(Nc2cnn(CC(=O)N3CCCC3)c2C)s1. The van der Waals surface area contributed by atoms with E-state index in [9.17, 15) is 14.7 Å². The molecule has 32 heavy (non-hydrogen) atoms. The van der Waals surface area contributed by atoms with Gasteiger partial charge in [-0.3, -0.25) is 14.3 Å². The van der Waals surface area contributed by atoms with Crippen molar-refractivity contribution < 1.29 is 14.7 Å². The molecule has 9 nitrogen and oxygen atoms in total. The summed E-state index contributed by atoms with van der Waals surface area (Å²) in [7, 11) is 0. The molecule has 2 amide bonds. The van der Waals surface area contributed by atoms with Crippen LogP contribution < -0.4 is 10.6 Å². The fourth-order valence-electron chi connectivity index (χ4n) is 3.68. The van der Waals surface area contributed by atoms with Crippen LogP contribution in [0.4, 0.5) is 16.5 Å². The highest BCUT2D eigenvalue weighted by molar-refractivity contribution is 7.17. The van der Waals surface area contributed by atoms with E-state index in [4.69, 9.17) is 0 Å². The minimum absolute atomic E-state index is 0.0750. The highest BCUT2D eigenvalue weighted by Crippen LogP contribution is 2.30. The third-order valence-electron chi connectivity index (χ3n) is 5.70. The van der Waals surface area contributed by atoms with Gasteiger partial charge in [-0.1, -0.05) is 17.4 Å².